The third-order valence-corrected chi connectivity index (χ3v) is 6.15. The summed E-state index contributed by atoms with van der Waals surface area (Å²) in [5.41, 5.74) is 3.21. The third-order valence-electron chi connectivity index (χ3n) is 5.13. The SMILES string of the molecule is Cc1ccc(C)c(-n2nnnc2SC(C)C(=O)N(C)C2CCCCC2)c1. The highest BCUT2D eigenvalue weighted by molar-refractivity contribution is 8.00. The molecule has 1 fully saturated rings. The van der Waals surface area contributed by atoms with Gasteiger partial charge in [-0.1, -0.05) is 43.2 Å². The Kier molecular flexibility index (Phi) is 5.96. The molecule has 1 atom stereocenters. The molecule has 6 nitrogen and oxygen atoms in total. The van der Waals surface area contributed by atoms with Crippen molar-refractivity contribution < 1.29 is 4.79 Å². The monoisotopic (exact) mass is 373 g/mol. The highest BCUT2D eigenvalue weighted by Gasteiger charge is 2.27. The zero-order chi connectivity index (χ0) is 18.7. The Hall–Kier alpha value is -1.89. The van der Waals surface area contributed by atoms with Crippen LogP contribution in [0.1, 0.15) is 50.2 Å². The van der Waals surface area contributed by atoms with E-state index in [-0.39, 0.29) is 11.2 Å². The molecule has 1 aliphatic carbocycles. The molecule has 1 aliphatic rings. The number of hydrogen-bond donors (Lipinski definition) is 0. The Morgan fingerprint density at radius 2 is 2.00 bits per heavy atom. The number of aromatic nitrogens is 4. The molecule has 0 spiro atoms. The molecule has 1 amide bonds. The molecule has 3 rings (SSSR count). The smallest absolute Gasteiger partial charge is 0.235 e. The Morgan fingerprint density at radius 3 is 2.73 bits per heavy atom. The summed E-state index contributed by atoms with van der Waals surface area (Å²) in [7, 11) is 1.93. The van der Waals surface area contributed by atoms with E-state index in [1.807, 2.05) is 32.7 Å². The molecule has 1 aromatic heterocycles. The molecule has 0 saturated heterocycles. The number of rotatable bonds is 5. The van der Waals surface area contributed by atoms with Gasteiger partial charge in [0.2, 0.25) is 11.1 Å². The molecule has 2 aromatic rings. The van der Waals surface area contributed by atoms with E-state index >= 15 is 0 Å². The second-order valence-corrected chi connectivity index (χ2v) is 8.47. The molecular weight excluding hydrogens is 346 g/mol. The first kappa shape index (κ1) is 18.9. The second-order valence-electron chi connectivity index (χ2n) is 7.16. The van der Waals surface area contributed by atoms with Crippen molar-refractivity contribution >= 4 is 17.7 Å². The first-order valence-corrected chi connectivity index (χ1v) is 10.1. The topological polar surface area (TPSA) is 63.9 Å². The van der Waals surface area contributed by atoms with Gasteiger partial charge in [-0.15, -0.1) is 5.10 Å². The van der Waals surface area contributed by atoms with Crippen LogP contribution in [0.25, 0.3) is 5.69 Å². The van der Waals surface area contributed by atoms with Crippen molar-refractivity contribution in [3.63, 3.8) is 0 Å². The van der Waals surface area contributed by atoms with Gasteiger partial charge < -0.3 is 4.90 Å². The fourth-order valence-electron chi connectivity index (χ4n) is 3.49. The minimum Gasteiger partial charge on any atom is -0.342 e. The molecule has 26 heavy (non-hydrogen) atoms. The van der Waals surface area contributed by atoms with Crippen molar-refractivity contribution in [2.45, 2.75) is 69.3 Å². The normalized spacial score (nSPS) is 16.5. The number of amides is 1. The van der Waals surface area contributed by atoms with E-state index < -0.39 is 0 Å². The summed E-state index contributed by atoms with van der Waals surface area (Å²) < 4.78 is 1.73. The summed E-state index contributed by atoms with van der Waals surface area (Å²) in [5, 5.41) is 12.6. The number of carbonyl (C=O) groups excluding carboxylic acids is 1. The van der Waals surface area contributed by atoms with Gasteiger partial charge in [-0.25, -0.2) is 0 Å². The minimum absolute atomic E-state index is 0.150. The van der Waals surface area contributed by atoms with E-state index in [2.05, 4.69) is 33.7 Å². The number of benzene rings is 1. The van der Waals surface area contributed by atoms with Crippen molar-refractivity contribution in [2.75, 3.05) is 7.05 Å². The first-order chi connectivity index (χ1) is 12.5. The van der Waals surface area contributed by atoms with Gasteiger partial charge >= 0.3 is 0 Å². The van der Waals surface area contributed by atoms with E-state index in [4.69, 9.17) is 0 Å². The quantitative estimate of drug-likeness (QED) is 0.750. The minimum atomic E-state index is -0.225. The van der Waals surface area contributed by atoms with Crippen molar-refractivity contribution in [3.8, 4) is 5.69 Å². The zero-order valence-electron chi connectivity index (χ0n) is 16.0. The van der Waals surface area contributed by atoms with Crippen LogP contribution >= 0.6 is 11.8 Å². The van der Waals surface area contributed by atoms with Crippen molar-refractivity contribution in [1.29, 1.82) is 0 Å². The molecule has 140 valence electrons. The largest absolute Gasteiger partial charge is 0.342 e. The van der Waals surface area contributed by atoms with Crippen LogP contribution in [-0.2, 0) is 4.79 Å². The predicted octanol–water partition coefficient (Wildman–Crippen LogP) is 3.55. The van der Waals surface area contributed by atoms with E-state index in [0.29, 0.717) is 11.2 Å². The fourth-order valence-corrected chi connectivity index (χ4v) is 4.40. The molecule has 1 heterocycles. The number of nitrogens with zero attached hydrogens (tertiary/aromatic N) is 5. The van der Waals surface area contributed by atoms with Crippen LogP contribution in [0, 0.1) is 13.8 Å². The number of hydrogen-bond acceptors (Lipinski definition) is 5. The van der Waals surface area contributed by atoms with Crippen LogP contribution in [-0.4, -0.2) is 49.4 Å². The maximum atomic E-state index is 12.9. The Labute approximate surface area is 159 Å². The van der Waals surface area contributed by atoms with Crippen LogP contribution in [0.3, 0.4) is 0 Å². The average Bonchev–Trinajstić information content (AvgIpc) is 3.11. The molecule has 0 bridgehead atoms. The van der Waals surface area contributed by atoms with Crippen molar-refractivity contribution in [2.24, 2.45) is 0 Å². The number of thioether (sulfide) groups is 1. The summed E-state index contributed by atoms with van der Waals surface area (Å²) in [6.45, 7) is 6.02. The lowest BCUT2D eigenvalue weighted by Gasteiger charge is -2.32. The van der Waals surface area contributed by atoms with E-state index in [0.717, 1.165) is 29.7 Å². The summed E-state index contributed by atoms with van der Waals surface area (Å²) in [4.78, 5) is 14.8. The highest BCUT2D eigenvalue weighted by atomic mass is 32.2. The Bertz CT molecular complexity index is 769. The van der Waals surface area contributed by atoms with Crippen LogP contribution in [0.4, 0.5) is 0 Å². The van der Waals surface area contributed by atoms with Crippen LogP contribution in [0.15, 0.2) is 23.4 Å². The van der Waals surface area contributed by atoms with Gasteiger partial charge in [-0.2, -0.15) is 4.68 Å². The van der Waals surface area contributed by atoms with Gasteiger partial charge in [0.05, 0.1) is 10.9 Å². The lowest BCUT2D eigenvalue weighted by molar-refractivity contribution is -0.131. The maximum absolute atomic E-state index is 12.9. The van der Waals surface area contributed by atoms with Crippen LogP contribution in [0.5, 0.6) is 0 Å². The summed E-state index contributed by atoms with van der Waals surface area (Å²) in [5.74, 6) is 0.150. The molecule has 0 N–H and O–H groups in total. The fraction of sp³-hybridized carbons (Fsp3) is 0.579. The molecule has 1 aromatic carbocycles. The first-order valence-electron chi connectivity index (χ1n) is 9.26. The Morgan fingerprint density at radius 1 is 1.27 bits per heavy atom. The van der Waals surface area contributed by atoms with Crippen molar-refractivity contribution in [1.82, 2.24) is 25.1 Å². The molecular formula is C19H27N5OS. The standard InChI is InChI=1S/C19H27N5OS/c1-13-10-11-14(2)17(12-13)24-19(20-21-22-24)26-15(3)18(25)23(4)16-8-6-5-7-9-16/h10-12,15-16H,5-9H2,1-4H3. The lowest BCUT2D eigenvalue weighted by Crippen LogP contribution is -2.42. The van der Waals surface area contributed by atoms with E-state index in [9.17, 15) is 4.79 Å². The van der Waals surface area contributed by atoms with E-state index in [1.54, 1.807) is 4.68 Å². The molecule has 1 unspecified atom stereocenters. The van der Waals surface area contributed by atoms with Crippen molar-refractivity contribution in [3.05, 3.63) is 29.3 Å². The van der Waals surface area contributed by atoms with Crippen LogP contribution in [0.2, 0.25) is 0 Å². The van der Waals surface area contributed by atoms with Gasteiger partial charge in [0.25, 0.3) is 0 Å². The van der Waals surface area contributed by atoms with Gasteiger partial charge in [0, 0.05) is 13.1 Å². The van der Waals surface area contributed by atoms with Crippen LogP contribution < -0.4 is 0 Å². The average molecular weight is 374 g/mol. The predicted molar refractivity (Wildman–Crippen MR) is 104 cm³/mol. The summed E-state index contributed by atoms with van der Waals surface area (Å²) in [6.07, 6.45) is 5.94. The Balaban J connectivity index is 1.74. The van der Waals surface area contributed by atoms with E-state index in [1.165, 1.54) is 31.0 Å². The molecule has 1 saturated carbocycles. The van der Waals surface area contributed by atoms with Gasteiger partial charge in [-0.05, 0) is 61.2 Å². The van der Waals surface area contributed by atoms with Gasteiger partial charge in [0.1, 0.15) is 0 Å². The molecule has 0 aliphatic heterocycles. The maximum Gasteiger partial charge on any atom is 0.235 e. The zero-order valence-corrected chi connectivity index (χ0v) is 16.8. The number of tetrazole rings is 1. The van der Waals surface area contributed by atoms with Gasteiger partial charge in [0.15, 0.2) is 0 Å². The molecule has 7 heteroatoms. The highest BCUT2D eigenvalue weighted by Crippen LogP contribution is 2.28. The molecule has 0 radical (unpaired) electrons. The third kappa shape index (κ3) is 4.09. The second kappa shape index (κ2) is 8.20. The summed E-state index contributed by atoms with van der Waals surface area (Å²) >= 11 is 1.42. The number of carbonyl (C=O) groups is 1. The van der Waals surface area contributed by atoms with Gasteiger partial charge in [-0.3, -0.25) is 4.79 Å². The lowest BCUT2D eigenvalue weighted by atomic mass is 9.94. The summed E-state index contributed by atoms with van der Waals surface area (Å²) in [6, 6.07) is 6.57. The number of aryl methyl sites for hydroxylation is 2.